The van der Waals surface area contributed by atoms with Crippen LogP contribution in [0.3, 0.4) is 0 Å². The molecule has 0 radical (unpaired) electrons. The van der Waals surface area contributed by atoms with Gasteiger partial charge in [-0.2, -0.15) is 0 Å². The van der Waals surface area contributed by atoms with Crippen molar-refractivity contribution in [3.8, 4) is 5.75 Å². The van der Waals surface area contributed by atoms with E-state index in [2.05, 4.69) is 6.92 Å². The Labute approximate surface area is 138 Å². The highest BCUT2D eigenvalue weighted by atomic mass is 16.5. The molecule has 1 saturated carbocycles. The van der Waals surface area contributed by atoms with E-state index in [1.54, 1.807) is 7.11 Å². The minimum atomic E-state index is -0.488. The smallest absolute Gasteiger partial charge is 0.226 e. The fourth-order valence-electron chi connectivity index (χ4n) is 4.25. The van der Waals surface area contributed by atoms with E-state index in [0.717, 1.165) is 56.5 Å². The van der Waals surface area contributed by atoms with Crippen LogP contribution in [0.2, 0.25) is 0 Å². The second-order valence-electron chi connectivity index (χ2n) is 7.07. The fraction of sp³-hybridized carbons (Fsp3) is 0.632. The Bertz CT molecular complexity index is 556. The van der Waals surface area contributed by atoms with Crippen LogP contribution in [0.25, 0.3) is 0 Å². The Hall–Kier alpha value is -1.55. The molecule has 1 unspecified atom stereocenters. The van der Waals surface area contributed by atoms with Crippen molar-refractivity contribution in [1.29, 1.82) is 0 Å². The molecule has 23 heavy (non-hydrogen) atoms. The molecule has 1 amide bonds. The summed E-state index contributed by atoms with van der Waals surface area (Å²) in [6.45, 7) is 3.62. The highest BCUT2D eigenvalue weighted by Gasteiger charge is 2.57. The Kier molecular flexibility index (Phi) is 4.37. The molecule has 4 nitrogen and oxygen atoms in total. The number of carbonyl (C=O) groups is 1. The summed E-state index contributed by atoms with van der Waals surface area (Å²) in [5.41, 5.74) is 0.598. The van der Waals surface area contributed by atoms with Gasteiger partial charge in [-0.1, -0.05) is 19.1 Å². The molecule has 1 aromatic carbocycles. The van der Waals surface area contributed by atoms with Crippen LogP contribution in [0, 0.1) is 5.41 Å². The monoisotopic (exact) mass is 317 g/mol. The Balaban J connectivity index is 1.56. The number of hydrogen-bond acceptors (Lipinski definition) is 3. The lowest BCUT2D eigenvalue weighted by molar-refractivity contribution is -0.192. The van der Waals surface area contributed by atoms with Gasteiger partial charge in [-0.05, 0) is 49.8 Å². The fourth-order valence-corrected chi connectivity index (χ4v) is 4.25. The first kappa shape index (κ1) is 16.3. The number of piperidine rings is 1. The summed E-state index contributed by atoms with van der Waals surface area (Å²) in [6.07, 6.45) is 5.17. The first-order valence-corrected chi connectivity index (χ1v) is 8.65. The predicted octanol–water partition coefficient (Wildman–Crippen LogP) is 2.78. The lowest BCUT2D eigenvalue weighted by Gasteiger charge is -2.59. The van der Waals surface area contributed by atoms with Crippen molar-refractivity contribution >= 4 is 5.91 Å². The molecule has 2 fully saturated rings. The molecule has 4 heteroatoms. The summed E-state index contributed by atoms with van der Waals surface area (Å²) in [5, 5.41) is 10.7. The van der Waals surface area contributed by atoms with Crippen LogP contribution in [0.4, 0.5) is 0 Å². The first-order chi connectivity index (χ1) is 11.0. The average molecular weight is 317 g/mol. The lowest BCUT2D eigenvalue weighted by atomic mass is 9.51. The molecule has 0 aromatic heterocycles. The number of likely N-dealkylation sites (tertiary alicyclic amines) is 1. The third kappa shape index (κ3) is 2.85. The normalized spacial score (nSPS) is 26.0. The molecule has 1 aliphatic heterocycles. The number of nitrogens with zero attached hydrogens (tertiary/aromatic N) is 1. The van der Waals surface area contributed by atoms with E-state index in [9.17, 15) is 9.90 Å². The largest absolute Gasteiger partial charge is 0.497 e. The van der Waals surface area contributed by atoms with E-state index in [0.29, 0.717) is 6.42 Å². The lowest BCUT2D eigenvalue weighted by Crippen LogP contribution is -2.61. The van der Waals surface area contributed by atoms with E-state index in [1.807, 2.05) is 29.2 Å². The van der Waals surface area contributed by atoms with Gasteiger partial charge in [-0.3, -0.25) is 4.79 Å². The van der Waals surface area contributed by atoms with Gasteiger partial charge < -0.3 is 14.7 Å². The molecule has 3 rings (SSSR count). The summed E-state index contributed by atoms with van der Waals surface area (Å²) < 4.78 is 5.14. The van der Waals surface area contributed by atoms with Gasteiger partial charge in [-0.25, -0.2) is 0 Å². The maximum Gasteiger partial charge on any atom is 0.226 e. The van der Waals surface area contributed by atoms with Crippen LogP contribution < -0.4 is 4.74 Å². The second kappa shape index (κ2) is 6.16. The summed E-state index contributed by atoms with van der Waals surface area (Å²) in [5.74, 6) is 0.995. The zero-order chi connectivity index (χ0) is 16.5. The summed E-state index contributed by atoms with van der Waals surface area (Å²) in [6, 6.07) is 7.68. The van der Waals surface area contributed by atoms with Crippen LogP contribution in [0.15, 0.2) is 24.3 Å². The van der Waals surface area contributed by atoms with E-state index in [-0.39, 0.29) is 11.3 Å². The number of carbonyl (C=O) groups excluding carboxylic acids is 1. The van der Waals surface area contributed by atoms with Gasteiger partial charge in [-0.15, -0.1) is 0 Å². The van der Waals surface area contributed by atoms with Gasteiger partial charge in [0, 0.05) is 18.5 Å². The molecular weight excluding hydrogens is 290 g/mol. The molecule has 1 atom stereocenters. The number of methoxy groups -OCH3 is 1. The van der Waals surface area contributed by atoms with Gasteiger partial charge in [0.25, 0.3) is 0 Å². The van der Waals surface area contributed by atoms with E-state index in [1.165, 1.54) is 0 Å². The molecule has 1 aromatic rings. The van der Waals surface area contributed by atoms with Crippen molar-refractivity contribution in [3.63, 3.8) is 0 Å². The minimum Gasteiger partial charge on any atom is -0.497 e. The number of amides is 1. The van der Waals surface area contributed by atoms with Gasteiger partial charge in [0.2, 0.25) is 5.91 Å². The van der Waals surface area contributed by atoms with Crippen molar-refractivity contribution in [2.24, 2.45) is 5.41 Å². The van der Waals surface area contributed by atoms with Crippen molar-refractivity contribution in [2.45, 2.75) is 51.0 Å². The molecule has 1 heterocycles. The van der Waals surface area contributed by atoms with Crippen molar-refractivity contribution < 1.29 is 14.6 Å². The van der Waals surface area contributed by atoms with Gasteiger partial charge in [0.15, 0.2) is 0 Å². The van der Waals surface area contributed by atoms with Gasteiger partial charge >= 0.3 is 0 Å². The molecule has 126 valence electrons. The second-order valence-corrected chi connectivity index (χ2v) is 7.07. The summed E-state index contributed by atoms with van der Waals surface area (Å²) in [7, 11) is 1.64. The SMILES string of the molecule is CCC1(O)CCC12CCN(C(=O)Cc1ccc(OC)cc1)CC2. The maximum absolute atomic E-state index is 12.5. The summed E-state index contributed by atoms with van der Waals surface area (Å²) in [4.78, 5) is 14.5. The van der Waals surface area contributed by atoms with Crippen molar-refractivity contribution in [3.05, 3.63) is 29.8 Å². The number of aliphatic hydroxyl groups is 1. The standard InChI is InChI=1S/C19H27NO3/c1-3-19(22)9-8-18(19)10-12-20(13-11-18)17(21)14-15-4-6-16(23-2)7-5-15/h4-7,22H,3,8-14H2,1-2H3. The van der Waals surface area contributed by atoms with Crippen molar-refractivity contribution in [2.75, 3.05) is 20.2 Å². The van der Waals surface area contributed by atoms with Gasteiger partial charge in [0.05, 0.1) is 19.1 Å². The predicted molar refractivity (Wildman–Crippen MR) is 89.4 cm³/mol. The van der Waals surface area contributed by atoms with Crippen LogP contribution in [-0.2, 0) is 11.2 Å². The van der Waals surface area contributed by atoms with E-state index >= 15 is 0 Å². The molecule has 1 saturated heterocycles. The van der Waals surface area contributed by atoms with E-state index < -0.39 is 5.60 Å². The molecule has 2 aliphatic rings. The number of hydrogen-bond donors (Lipinski definition) is 1. The zero-order valence-corrected chi connectivity index (χ0v) is 14.2. The zero-order valence-electron chi connectivity index (χ0n) is 14.2. The Morgan fingerprint density at radius 3 is 2.30 bits per heavy atom. The molecule has 0 bridgehead atoms. The highest BCUT2D eigenvalue weighted by Crippen LogP contribution is 2.57. The third-order valence-electron chi connectivity index (χ3n) is 6.18. The minimum absolute atomic E-state index is 0.0681. The Morgan fingerprint density at radius 1 is 1.17 bits per heavy atom. The number of ether oxygens (including phenoxy) is 1. The van der Waals surface area contributed by atoms with Crippen LogP contribution in [0.5, 0.6) is 5.75 Å². The highest BCUT2D eigenvalue weighted by molar-refractivity contribution is 5.79. The first-order valence-electron chi connectivity index (χ1n) is 8.65. The maximum atomic E-state index is 12.5. The van der Waals surface area contributed by atoms with Crippen molar-refractivity contribution in [1.82, 2.24) is 4.90 Å². The number of benzene rings is 1. The number of rotatable bonds is 4. The molecule has 1 N–H and O–H groups in total. The van der Waals surface area contributed by atoms with Gasteiger partial charge in [0.1, 0.15) is 5.75 Å². The summed E-state index contributed by atoms with van der Waals surface area (Å²) >= 11 is 0. The quantitative estimate of drug-likeness (QED) is 0.929. The van der Waals surface area contributed by atoms with Crippen LogP contribution in [-0.4, -0.2) is 41.7 Å². The van der Waals surface area contributed by atoms with Crippen LogP contribution in [0.1, 0.15) is 44.6 Å². The molecular formula is C19H27NO3. The molecule has 1 aliphatic carbocycles. The Morgan fingerprint density at radius 2 is 1.83 bits per heavy atom. The van der Waals surface area contributed by atoms with Crippen LogP contribution >= 0.6 is 0 Å². The molecule has 1 spiro atoms. The third-order valence-corrected chi connectivity index (χ3v) is 6.18. The van der Waals surface area contributed by atoms with E-state index in [4.69, 9.17) is 4.74 Å². The average Bonchev–Trinajstić information content (AvgIpc) is 2.60. The topological polar surface area (TPSA) is 49.8 Å².